The van der Waals surface area contributed by atoms with Gasteiger partial charge in [-0.3, -0.25) is 4.79 Å². The molecule has 0 amide bonds. The lowest BCUT2D eigenvalue weighted by molar-refractivity contribution is -0.131. The first kappa shape index (κ1) is 10.2. The van der Waals surface area contributed by atoms with Gasteiger partial charge in [0.2, 0.25) is 0 Å². The van der Waals surface area contributed by atoms with Crippen molar-refractivity contribution in [2.24, 2.45) is 0 Å². The van der Waals surface area contributed by atoms with Crippen molar-refractivity contribution in [2.45, 2.75) is 13.0 Å². The highest BCUT2D eigenvalue weighted by Crippen LogP contribution is 2.17. The SMILES string of the molecule is CC(=O)Oc1ccc(C(O)C#N)cc1. The van der Waals surface area contributed by atoms with E-state index in [1.165, 1.54) is 31.2 Å². The first-order valence-corrected chi connectivity index (χ1v) is 3.99. The number of esters is 1. The van der Waals surface area contributed by atoms with E-state index in [1.807, 2.05) is 0 Å². The fourth-order valence-electron chi connectivity index (χ4n) is 0.959. The molecule has 1 rings (SSSR count). The Kier molecular flexibility index (Phi) is 3.21. The zero-order valence-electron chi connectivity index (χ0n) is 7.60. The standard InChI is InChI=1S/C10H9NO3/c1-7(12)14-9-4-2-8(3-5-9)10(13)6-11/h2-5,10,13H,1H3. The highest BCUT2D eigenvalue weighted by Gasteiger charge is 2.05. The summed E-state index contributed by atoms with van der Waals surface area (Å²) in [6.45, 7) is 1.30. The molecule has 0 bridgehead atoms. The van der Waals surface area contributed by atoms with Gasteiger partial charge in [-0.2, -0.15) is 5.26 Å². The normalized spacial score (nSPS) is 11.5. The fourth-order valence-corrected chi connectivity index (χ4v) is 0.959. The molecule has 1 unspecified atom stereocenters. The Balaban J connectivity index is 2.79. The molecule has 1 aromatic rings. The Labute approximate surface area is 81.4 Å². The summed E-state index contributed by atoms with van der Waals surface area (Å²) in [6.07, 6.45) is -1.14. The van der Waals surface area contributed by atoms with Crippen LogP contribution in [0, 0.1) is 11.3 Å². The van der Waals surface area contributed by atoms with Crippen molar-refractivity contribution in [1.29, 1.82) is 5.26 Å². The van der Waals surface area contributed by atoms with E-state index >= 15 is 0 Å². The van der Waals surface area contributed by atoms with E-state index in [9.17, 15) is 4.79 Å². The lowest BCUT2D eigenvalue weighted by Crippen LogP contribution is -2.01. The number of hydrogen-bond acceptors (Lipinski definition) is 4. The van der Waals surface area contributed by atoms with E-state index in [0.717, 1.165) is 0 Å². The number of ether oxygens (including phenoxy) is 1. The topological polar surface area (TPSA) is 70.3 Å². The van der Waals surface area contributed by atoms with Crippen molar-refractivity contribution in [3.63, 3.8) is 0 Å². The van der Waals surface area contributed by atoms with Gasteiger partial charge >= 0.3 is 5.97 Å². The minimum Gasteiger partial charge on any atom is -0.427 e. The van der Waals surface area contributed by atoms with Crippen molar-refractivity contribution in [3.05, 3.63) is 29.8 Å². The first-order valence-electron chi connectivity index (χ1n) is 3.99. The van der Waals surface area contributed by atoms with Gasteiger partial charge in [0, 0.05) is 6.92 Å². The third kappa shape index (κ3) is 2.57. The summed E-state index contributed by atoms with van der Waals surface area (Å²) >= 11 is 0. The summed E-state index contributed by atoms with van der Waals surface area (Å²) < 4.78 is 4.78. The molecule has 0 aliphatic carbocycles. The number of hydrogen-bond donors (Lipinski definition) is 1. The van der Waals surface area contributed by atoms with Crippen LogP contribution < -0.4 is 4.74 Å². The number of nitrogens with zero attached hydrogens (tertiary/aromatic N) is 1. The Bertz CT molecular complexity index is 364. The summed E-state index contributed by atoms with van der Waals surface area (Å²) in [5, 5.41) is 17.6. The fraction of sp³-hybridized carbons (Fsp3) is 0.200. The predicted octanol–water partition coefficient (Wildman–Crippen LogP) is 1.17. The van der Waals surface area contributed by atoms with Crippen LogP contribution in [0.25, 0.3) is 0 Å². The molecule has 0 aliphatic rings. The molecule has 0 saturated heterocycles. The molecule has 0 heterocycles. The van der Waals surface area contributed by atoms with Gasteiger partial charge in [-0.1, -0.05) is 12.1 Å². The average Bonchev–Trinajstić information content (AvgIpc) is 2.17. The molecule has 1 aromatic carbocycles. The highest BCUT2D eigenvalue weighted by atomic mass is 16.5. The number of carbonyl (C=O) groups is 1. The second-order valence-corrected chi connectivity index (χ2v) is 2.69. The number of rotatable bonds is 2. The minimum absolute atomic E-state index is 0.395. The largest absolute Gasteiger partial charge is 0.427 e. The minimum atomic E-state index is -1.14. The Morgan fingerprint density at radius 3 is 2.50 bits per heavy atom. The molecule has 0 aliphatic heterocycles. The third-order valence-corrected chi connectivity index (χ3v) is 1.58. The lowest BCUT2D eigenvalue weighted by Gasteiger charge is -2.03. The molecular weight excluding hydrogens is 182 g/mol. The van der Waals surface area contributed by atoms with Crippen molar-refractivity contribution >= 4 is 5.97 Å². The van der Waals surface area contributed by atoms with Crippen molar-refractivity contribution in [3.8, 4) is 11.8 Å². The molecule has 72 valence electrons. The molecule has 4 heteroatoms. The zero-order chi connectivity index (χ0) is 10.6. The zero-order valence-corrected chi connectivity index (χ0v) is 7.60. The van der Waals surface area contributed by atoms with Crippen LogP contribution in [0.2, 0.25) is 0 Å². The second-order valence-electron chi connectivity index (χ2n) is 2.69. The summed E-state index contributed by atoms with van der Waals surface area (Å²) in [5.74, 6) is -0.00929. The molecule has 0 aromatic heterocycles. The predicted molar refractivity (Wildman–Crippen MR) is 48.3 cm³/mol. The maximum atomic E-state index is 10.6. The van der Waals surface area contributed by atoms with Gasteiger partial charge in [0.25, 0.3) is 0 Å². The Hall–Kier alpha value is -1.86. The van der Waals surface area contributed by atoms with E-state index in [-0.39, 0.29) is 0 Å². The van der Waals surface area contributed by atoms with Gasteiger partial charge in [0.15, 0.2) is 6.10 Å². The third-order valence-electron chi connectivity index (χ3n) is 1.58. The molecule has 0 fully saturated rings. The van der Waals surface area contributed by atoms with Crippen LogP contribution in [0.3, 0.4) is 0 Å². The molecule has 14 heavy (non-hydrogen) atoms. The number of aliphatic hydroxyl groups is 1. The van der Waals surface area contributed by atoms with Crippen LogP contribution in [0.5, 0.6) is 5.75 Å². The van der Waals surface area contributed by atoms with Crippen molar-refractivity contribution in [2.75, 3.05) is 0 Å². The van der Waals surface area contributed by atoms with E-state index in [1.54, 1.807) is 6.07 Å². The highest BCUT2D eigenvalue weighted by molar-refractivity contribution is 5.69. The van der Waals surface area contributed by atoms with Crippen LogP contribution in [-0.2, 0) is 4.79 Å². The quantitative estimate of drug-likeness (QED) is 0.432. The van der Waals surface area contributed by atoms with Gasteiger partial charge in [0.1, 0.15) is 5.75 Å². The van der Waals surface area contributed by atoms with Crippen LogP contribution in [-0.4, -0.2) is 11.1 Å². The van der Waals surface area contributed by atoms with E-state index < -0.39 is 12.1 Å². The summed E-state index contributed by atoms with van der Waals surface area (Å²) in [4.78, 5) is 10.6. The number of benzene rings is 1. The Morgan fingerprint density at radius 2 is 2.07 bits per heavy atom. The molecule has 1 atom stereocenters. The average molecular weight is 191 g/mol. The van der Waals surface area contributed by atoms with Crippen molar-refractivity contribution in [1.82, 2.24) is 0 Å². The number of nitriles is 1. The molecule has 0 radical (unpaired) electrons. The van der Waals surface area contributed by atoms with Gasteiger partial charge in [0.05, 0.1) is 6.07 Å². The van der Waals surface area contributed by atoms with Crippen LogP contribution in [0.4, 0.5) is 0 Å². The van der Waals surface area contributed by atoms with Gasteiger partial charge < -0.3 is 9.84 Å². The molecule has 0 saturated carbocycles. The summed E-state index contributed by atoms with van der Waals surface area (Å²) in [6, 6.07) is 7.81. The first-order chi connectivity index (χ1) is 6.63. The maximum Gasteiger partial charge on any atom is 0.308 e. The van der Waals surface area contributed by atoms with Crippen molar-refractivity contribution < 1.29 is 14.6 Å². The van der Waals surface area contributed by atoms with Gasteiger partial charge in [-0.25, -0.2) is 0 Å². The molecule has 4 nitrogen and oxygen atoms in total. The Morgan fingerprint density at radius 1 is 1.50 bits per heavy atom. The summed E-state index contributed by atoms with van der Waals surface area (Å²) in [7, 11) is 0. The van der Waals surface area contributed by atoms with E-state index in [0.29, 0.717) is 11.3 Å². The lowest BCUT2D eigenvalue weighted by atomic mass is 10.1. The van der Waals surface area contributed by atoms with Crippen LogP contribution >= 0.6 is 0 Å². The van der Waals surface area contributed by atoms with E-state index in [2.05, 4.69) is 0 Å². The van der Waals surface area contributed by atoms with Gasteiger partial charge in [-0.15, -0.1) is 0 Å². The molecule has 0 spiro atoms. The van der Waals surface area contributed by atoms with Gasteiger partial charge in [-0.05, 0) is 17.7 Å². The molecular formula is C10H9NO3. The number of aliphatic hydroxyl groups excluding tert-OH is 1. The van der Waals surface area contributed by atoms with E-state index in [4.69, 9.17) is 15.1 Å². The smallest absolute Gasteiger partial charge is 0.308 e. The molecule has 1 N–H and O–H groups in total. The monoisotopic (exact) mass is 191 g/mol. The second kappa shape index (κ2) is 4.40. The summed E-state index contributed by atoms with van der Waals surface area (Å²) in [5.41, 5.74) is 0.475. The van der Waals surface area contributed by atoms with Crippen LogP contribution in [0.15, 0.2) is 24.3 Å². The van der Waals surface area contributed by atoms with Crippen LogP contribution in [0.1, 0.15) is 18.6 Å². The maximum absolute atomic E-state index is 10.6. The number of carbonyl (C=O) groups excluding carboxylic acids is 1.